The van der Waals surface area contributed by atoms with Crippen LogP contribution in [-0.2, 0) is 114 Å². The number of benzene rings is 2. The van der Waals surface area contributed by atoms with Crippen molar-refractivity contribution in [3.8, 4) is 28.7 Å². The number of aromatic hydroxyl groups is 3. The fraction of sp³-hybridized carbons (Fsp3) is 0.800. The first-order chi connectivity index (χ1) is 52.2. The zero-order valence-corrected chi connectivity index (χ0v) is 64.1. The molecule has 0 amide bonds. The van der Waals surface area contributed by atoms with E-state index in [1.54, 1.807) is 48.5 Å². The first kappa shape index (κ1) is 83.4. The van der Waals surface area contributed by atoms with Crippen molar-refractivity contribution in [2.45, 2.75) is 282 Å². The van der Waals surface area contributed by atoms with Gasteiger partial charge in [-0.25, -0.2) is 9.59 Å². The van der Waals surface area contributed by atoms with E-state index in [4.69, 9.17) is 146 Å². The van der Waals surface area contributed by atoms with Crippen LogP contribution in [0.3, 0.4) is 0 Å². The lowest BCUT2D eigenvalue weighted by Gasteiger charge is -2.50. The second-order valence-electron chi connectivity index (χ2n) is 29.7. The quantitative estimate of drug-likeness (QED) is 0.0651. The highest BCUT2D eigenvalue weighted by molar-refractivity contribution is 6.39. The van der Waals surface area contributed by atoms with Crippen molar-refractivity contribution in [2.75, 3.05) is 69.3 Å². The van der Waals surface area contributed by atoms with Crippen molar-refractivity contribution >= 4 is 35.1 Å². The van der Waals surface area contributed by atoms with Gasteiger partial charge >= 0.3 is 17.9 Å². The van der Waals surface area contributed by atoms with E-state index < -0.39 is 236 Å². The Morgan fingerprint density at radius 3 is 2.02 bits per heavy atom. The first-order valence-electron chi connectivity index (χ1n) is 36.1. The molecule has 110 heavy (non-hydrogen) atoms. The van der Waals surface area contributed by atoms with E-state index in [9.17, 15) is 55.3 Å². The maximum atomic E-state index is 14.4. The van der Waals surface area contributed by atoms with Gasteiger partial charge < -0.3 is 164 Å². The van der Waals surface area contributed by atoms with Gasteiger partial charge in [0, 0.05) is 59.3 Å². The summed E-state index contributed by atoms with van der Waals surface area (Å²) in [6, 6.07) is 2.06. The van der Waals surface area contributed by atoms with E-state index in [0.717, 1.165) is 12.1 Å². The van der Waals surface area contributed by atoms with E-state index in [1.807, 2.05) is 0 Å². The highest BCUT2D eigenvalue weighted by Crippen LogP contribution is 2.54. The number of fused-ring (bicyclic) bond motifs is 4. The lowest BCUT2D eigenvalue weighted by atomic mass is 9.81. The van der Waals surface area contributed by atoms with Crippen LogP contribution >= 0.6 is 23.2 Å². The van der Waals surface area contributed by atoms with E-state index in [1.165, 1.54) is 49.6 Å². The highest BCUT2D eigenvalue weighted by Gasteiger charge is 2.70. The maximum Gasteiger partial charge on any atom is 0.346 e. The number of phenols is 3. The number of nitrogens with zero attached hydrogens (tertiary/aromatic N) is 1. The molecule has 8 N–H and O–H groups in total. The third-order valence-corrected chi connectivity index (χ3v) is 23.4. The fourth-order valence-electron chi connectivity index (χ4n) is 17.3. The van der Waals surface area contributed by atoms with Gasteiger partial charge in [0.25, 0.3) is 5.97 Å². The van der Waals surface area contributed by atoms with Gasteiger partial charge in [-0.1, -0.05) is 28.4 Å². The molecule has 13 rings (SSSR count). The van der Waals surface area contributed by atoms with Crippen LogP contribution in [0.15, 0.2) is 17.3 Å². The number of nitroso groups, excluding NO2 is 1. The first-order valence-corrected chi connectivity index (χ1v) is 36.9. The molecule has 11 saturated heterocycles. The molecule has 2 aromatic rings. The van der Waals surface area contributed by atoms with Gasteiger partial charge in [-0.3, -0.25) is 0 Å². The molecule has 11 fully saturated rings. The number of aliphatic hydroxyl groups is 5. The van der Waals surface area contributed by atoms with Gasteiger partial charge in [-0.2, -0.15) is 4.91 Å². The van der Waals surface area contributed by atoms with Crippen LogP contribution in [-0.4, -0.2) is 329 Å². The Hall–Kier alpha value is -4.52. The smallest absolute Gasteiger partial charge is 0.346 e. The summed E-state index contributed by atoms with van der Waals surface area (Å²) in [7, 11) is 7.91. The molecule has 618 valence electrons. The number of esters is 2. The van der Waals surface area contributed by atoms with Crippen LogP contribution in [0, 0.1) is 17.7 Å². The fourth-order valence-corrected chi connectivity index (χ4v) is 17.8. The molecule has 11 aliphatic rings. The van der Waals surface area contributed by atoms with Crippen LogP contribution < -0.4 is 9.47 Å². The van der Waals surface area contributed by atoms with Gasteiger partial charge in [-0.05, 0) is 61.0 Å². The minimum Gasteiger partial charge on any atom is -0.508 e. The van der Waals surface area contributed by atoms with E-state index in [-0.39, 0.29) is 89.9 Å². The van der Waals surface area contributed by atoms with Gasteiger partial charge in [0.15, 0.2) is 61.3 Å². The number of hydrogen-bond acceptors (Lipinski definition) is 38. The third kappa shape index (κ3) is 15.1. The van der Waals surface area contributed by atoms with Gasteiger partial charge in [0.2, 0.25) is 0 Å². The SMILES string of the molecule is COc1cc(O)cc(O)c1C(=O)O[C@@H]1CO[C@]2(O[C@H]3[C@@H](O)[C@H](O[C@@H]4O[C@H](CO[14CH3])[C@@H](O[C@@H]5O[C@H](C)[C@H](OC)[C@H](O[C@@H]6O[C@H](C)[C@H]7O[C@]8(C[C@@H](O)[C@@H]([C@H]9C[C@@H](O[C@H]%10C[C@@](C)(N=O)[C@@H](OC)[C@H](C)O%10)[C@H](OC(=O)c%10c(C)c(Cl)c(O)c(Cl)c%10OC)[C@@H](C)O9)[C@@H](C)O8)O[C@]7(C)[C@@H]6O)[C@H]5O)[C@H](O)[C@@H]4OC)OC[C@@H]3O2)[C@@H]2OCO[C@H]21. The van der Waals surface area contributed by atoms with Crippen molar-refractivity contribution in [1.82, 2.24) is 0 Å². The van der Waals surface area contributed by atoms with Crippen LogP contribution in [0.5, 0.6) is 28.7 Å². The molecule has 0 saturated carbocycles. The standard InChI is InChI=1S/C70H97Cl2NO37/c1-24-40(54(88-12)44(72)45(77)43(24)71)61(82)102-49-26(3)95-34(17-35(49)99-39-19-67(7,73-84)58(90-14)28(5)96-39)41-25(2)106-69(18-32(41)76)109-59-29(6)98-66(57(81)68(59,8)110-69)104-55-48(80)64(97-27(4)50(55)87-11)103-51-36(20-85-9)101-65(56(89-13)46(51)78)105-63-47(79)52-38(21-91-63)107-70(108-52)60-53(92-23-93-60)37(22-94-70)100-62(83)42-31(75)15-30(74)16-33(42)86-10/h15-16,25-29,32,34-39,41,46-53,55-60,63-66,74-81H,17-23H2,1-14H3/t25-,26-,27-,28+,29-,32-,34-,35-,36-,37-,38+,39+,41+,46+,47-,48-,49-,50+,51-,52-,53+,55-,56+,57-,58+,59-,60-,63+,64+,65+,66+,67-,68-,69-,70-/m1/s1/i9+2. The number of ether oxygens (including phenoxy) is 26. The molecular formula is C70H97Cl2NO37. The molecule has 0 bridgehead atoms. The van der Waals surface area contributed by atoms with Gasteiger partial charge in [-0.15, -0.1) is 0 Å². The Labute approximate surface area is 641 Å². The van der Waals surface area contributed by atoms with Crippen LogP contribution in [0.25, 0.3) is 0 Å². The average Bonchev–Trinajstić information content (AvgIpc) is 1.56. The lowest BCUT2D eigenvalue weighted by molar-refractivity contribution is -0.407. The molecule has 0 unspecified atom stereocenters. The largest absolute Gasteiger partial charge is 0.508 e. The Morgan fingerprint density at radius 1 is 0.627 bits per heavy atom. The Morgan fingerprint density at radius 2 is 1.34 bits per heavy atom. The maximum absolute atomic E-state index is 14.4. The van der Waals surface area contributed by atoms with Crippen LogP contribution in [0.4, 0.5) is 0 Å². The van der Waals surface area contributed by atoms with Gasteiger partial charge in [0.1, 0.15) is 143 Å². The van der Waals surface area contributed by atoms with E-state index >= 15 is 0 Å². The van der Waals surface area contributed by atoms with Crippen molar-refractivity contribution in [3.05, 3.63) is 43.8 Å². The Kier molecular flexibility index (Phi) is 24.9. The second-order valence-corrected chi connectivity index (χ2v) is 30.4. The summed E-state index contributed by atoms with van der Waals surface area (Å²) >= 11 is 12.9. The monoisotopic (exact) mass is 1620 g/mol. The number of rotatable bonds is 21. The van der Waals surface area contributed by atoms with Crippen LogP contribution in [0.1, 0.15) is 94.0 Å². The number of phenolic OH excluding ortho intramolecular Hbond substituents is 3. The molecule has 2 spiro atoms. The van der Waals surface area contributed by atoms with Crippen molar-refractivity contribution in [1.29, 1.82) is 0 Å². The predicted octanol–water partition coefficient (Wildman–Crippen LogP) is 1.73. The lowest BCUT2D eigenvalue weighted by Crippen LogP contribution is -2.68. The van der Waals surface area contributed by atoms with E-state index in [0.29, 0.717) is 0 Å². The molecule has 38 nitrogen and oxygen atoms in total. The number of carbonyl (C=O) groups excluding carboxylic acids is 2. The molecule has 0 radical (unpaired) electrons. The van der Waals surface area contributed by atoms with Crippen LogP contribution in [0.2, 0.25) is 10.0 Å². The molecule has 0 aliphatic carbocycles. The third-order valence-electron chi connectivity index (χ3n) is 22.6. The van der Waals surface area contributed by atoms with Crippen molar-refractivity contribution in [2.24, 2.45) is 11.1 Å². The molecular weight excluding hydrogens is 1520 g/mol. The Balaban J connectivity index is 0.653. The summed E-state index contributed by atoms with van der Waals surface area (Å²) in [6.07, 6.45) is -37.7. The predicted molar refractivity (Wildman–Crippen MR) is 362 cm³/mol. The van der Waals surface area contributed by atoms with E-state index in [2.05, 4.69) is 5.18 Å². The molecule has 2 aromatic carbocycles. The molecule has 11 aliphatic heterocycles. The average molecular weight is 1620 g/mol. The number of hydrogen-bond donors (Lipinski definition) is 8. The molecule has 0 aromatic heterocycles. The topological polar surface area (TPSA) is 465 Å². The van der Waals surface area contributed by atoms with Crippen molar-refractivity contribution in [3.63, 3.8) is 0 Å². The zero-order valence-electron chi connectivity index (χ0n) is 62.6. The minimum atomic E-state index is -2.03. The molecule has 11 heterocycles. The second kappa shape index (κ2) is 32.9. The number of aliphatic hydroxyl groups excluding tert-OH is 5. The highest BCUT2D eigenvalue weighted by atomic mass is 35.5. The summed E-state index contributed by atoms with van der Waals surface area (Å²) < 4.78 is 160. The number of carbonyl (C=O) groups is 2. The number of halogens is 2. The molecule has 40 heteroatoms. The zero-order chi connectivity index (χ0) is 79.3. The summed E-state index contributed by atoms with van der Waals surface area (Å²) in [5, 5.41) is 95.5. The van der Waals surface area contributed by atoms with Crippen molar-refractivity contribution < 1.29 is 174 Å². The summed E-state index contributed by atoms with van der Waals surface area (Å²) in [4.78, 5) is 40.3. The summed E-state index contributed by atoms with van der Waals surface area (Å²) in [5.41, 5.74) is -3.48. The summed E-state index contributed by atoms with van der Waals surface area (Å²) in [5.74, 6) is -8.75. The Bertz CT molecular complexity index is 3600. The number of methoxy groups -OCH3 is 6. The normalized spacial score (nSPS) is 45.9. The summed E-state index contributed by atoms with van der Waals surface area (Å²) in [6.45, 7) is 11.7. The van der Waals surface area contributed by atoms with Gasteiger partial charge in [0.05, 0.1) is 88.2 Å². The molecule has 35 atom stereocenters. The minimum absolute atomic E-state index is 0.0662.